The minimum absolute atomic E-state index is 0.0237. The van der Waals surface area contributed by atoms with E-state index in [9.17, 15) is 0 Å². The number of nitrogens with zero attached hydrogens (tertiary/aromatic N) is 2. The summed E-state index contributed by atoms with van der Waals surface area (Å²) in [6.07, 6.45) is 4.69. The van der Waals surface area contributed by atoms with Crippen molar-refractivity contribution in [3.05, 3.63) is 137 Å². The molecule has 0 saturated heterocycles. The van der Waals surface area contributed by atoms with Crippen LogP contribution < -0.4 is 35.7 Å². The van der Waals surface area contributed by atoms with Gasteiger partial charge in [0.15, 0.2) is 11.5 Å². The quantitative estimate of drug-likeness (QED) is 0.165. The van der Waals surface area contributed by atoms with Crippen molar-refractivity contribution < 1.29 is 9.47 Å². The molecule has 6 aromatic rings. The van der Waals surface area contributed by atoms with E-state index in [1.54, 1.807) is 0 Å². The number of fused-ring (bicyclic) bond motifs is 7. The molecule has 5 aliphatic rings. The fourth-order valence-electron chi connectivity index (χ4n) is 12.0. The van der Waals surface area contributed by atoms with Crippen LogP contribution in [0, 0.1) is 6.92 Å². The second-order valence-corrected chi connectivity index (χ2v) is 23.4. The number of hydrogen-bond acceptors (Lipinski definition) is 4. The Morgan fingerprint density at radius 3 is 1.69 bits per heavy atom. The van der Waals surface area contributed by atoms with Crippen molar-refractivity contribution in [1.29, 1.82) is 0 Å². The lowest BCUT2D eigenvalue weighted by molar-refractivity contribution is 0.172. The first-order valence-corrected chi connectivity index (χ1v) is 24.0. The Balaban J connectivity index is 1.26. The molecule has 326 valence electrons. The number of benzene rings is 6. The van der Waals surface area contributed by atoms with Crippen LogP contribution in [0.5, 0.6) is 11.5 Å². The lowest BCUT2D eigenvalue weighted by atomic mass is 9.33. The first-order valence-electron chi connectivity index (χ1n) is 24.0. The molecule has 0 fully saturated rings. The van der Waals surface area contributed by atoms with Gasteiger partial charge >= 0.3 is 0 Å². The zero-order valence-corrected chi connectivity index (χ0v) is 40.3. The summed E-state index contributed by atoms with van der Waals surface area (Å²) in [5.74, 6) is 1.64. The van der Waals surface area contributed by atoms with Crippen LogP contribution in [0.15, 0.2) is 103 Å². The molecule has 4 nitrogen and oxygen atoms in total. The van der Waals surface area contributed by atoms with Crippen LogP contribution in [-0.2, 0) is 27.1 Å². The van der Waals surface area contributed by atoms with Crippen molar-refractivity contribution in [3.8, 4) is 22.6 Å². The van der Waals surface area contributed by atoms with Crippen LogP contribution in [-0.4, -0.2) is 19.9 Å². The Morgan fingerprint density at radius 1 is 0.500 bits per heavy atom. The molecular formula is C59H65BN2O2. The van der Waals surface area contributed by atoms with E-state index in [1.165, 1.54) is 96.5 Å². The summed E-state index contributed by atoms with van der Waals surface area (Å²) >= 11 is 0. The third kappa shape index (κ3) is 6.23. The summed E-state index contributed by atoms with van der Waals surface area (Å²) < 4.78 is 12.9. The molecule has 6 aromatic carbocycles. The summed E-state index contributed by atoms with van der Waals surface area (Å²) in [6.45, 7) is 29.9. The molecule has 11 rings (SSSR count). The Kier molecular flexibility index (Phi) is 8.91. The van der Waals surface area contributed by atoms with Crippen molar-refractivity contribution in [3.63, 3.8) is 0 Å². The van der Waals surface area contributed by atoms with E-state index < -0.39 is 0 Å². The van der Waals surface area contributed by atoms with Gasteiger partial charge in [-0.25, -0.2) is 0 Å². The van der Waals surface area contributed by atoms with Crippen molar-refractivity contribution in [2.45, 2.75) is 136 Å². The fourth-order valence-corrected chi connectivity index (χ4v) is 12.0. The molecule has 0 spiro atoms. The zero-order valence-electron chi connectivity index (χ0n) is 40.3. The van der Waals surface area contributed by atoms with E-state index in [0.29, 0.717) is 13.2 Å². The Hall–Kier alpha value is -5.42. The molecule has 2 aliphatic carbocycles. The predicted molar refractivity (Wildman–Crippen MR) is 271 cm³/mol. The van der Waals surface area contributed by atoms with Gasteiger partial charge in [-0.2, -0.15) is 0 Å². The molecule has 0 amide bonds. The second-order valence-electron chi connectivity index (χ2n) is 23.4. The van der Waals surface area contributed by atoms with E-state index in [4.69, 9.17) is 9.47 Å². The normalized spacial score (nSPS) is 19.2. The Labute approximate surface area is 383 Å². The van der Waals surface area contributed by atoms with E-state index in [1.807, 2.05) is 0 Å². The molecule has 3 heterocycles. The highest BCUT2D eigenvalue weighted by molar-refractivity contribution is 7.00. The van der Waals surface area contributed by atoms with E-state index in [0.717, 1.165) is 35.7 Å². The number of aryl methyl sites for hydroxylation is 1. The van der Waals surface area contributed by atoms with Crippen molar-refractivity contribution in [2.24, 2.45) is 0 Å². The summed E-state index contributed by atoms with van der Waals surface area (Å²) in [5.41, 5.74) is 22.4. The van der Waals surface area contributed by atoms with Gasteiger partial charge in [-0.1, -0.05) is 125 Å². The second kappa shape index (κ2) is 13.8. The molecule has 0 atom stereocenters. The highest BCUT2D eigenvalue weighted by atomic mass is 16.6. The van der Waals surface area contributed by atoms with Crippen LogP contribution in [0.3, 0.4) is 0 Å². The highest BCUT2D eigenvalue weighted by Crippen LogP contribution is 2.54. The lowest BCUT2D eigenvalue weighted by Crippen LogP contribution is -2.62. The van der Waals surface area contributed by atoms with Gasteiger partial charge in [-0.3, -0.25) is 0 Å². The molecule has 3 aliphatic heterocycles. The van der Waals surface area contributed by atoms with E-state index in [2.05, 4.69) is 196 Å². The van der Waals surface area contributed by atoms with Gasteiger partial charge in [0.1, 0.15) is 13.2 Å². The van der Waals surface area contributed by atoms with Crippen molar-refractivity contribution in [2.75, 3.05) is 23.0 Å². The Bertz CT molecular complexity index is 2910. The van der Waals surface area contributed by atoms with Gasteiger partial charge in [0.05, 0.1) is 5.69 Å². The van der Waals surface area contributed by atoms with Gasteiger partial charge in [0, 0.05) is 40.1 Å². The predicted octanol–water partition coefficient (Wildman–Crippen LogP) is 13.5. The minimum Gasteiger partial charge on any atom is -0.486 e. The number of hydrogen-bond donors (Lipinski definition) is 0. The molecular weight excluding hydrogens is 779 g/mol. The topological polar surface area (TPSA) is 24.9 Å². The molecule has 0 saturated carbocycles. The zero-order chi connectivity index (χ0) is 44.9. The minimum atomic E-state index is -0.0351. The van der Waals surface area contributed by atoms with Crippen LogP contribution in [0.25, 0.3) is 11.1 Å². The molecule has 64 heavy (non-hydrogen) atoms. The van der Waals surface area contributed by atoms with Gasteiger partial charge in [0.25, 0.3) is 6.71 Å². The fraction of sp³-hybridized carbons (Fsp3) is 0.390. The summed E-state index contributed by atoms with van der Waals surface area (Å²) in [7, 11) is 0. The average molecular weight is 845 g/mol. The number of ether oxygens (including phenoxy) is 2. The molecule has 0 aromatic heterocycles. The highest BCUT2D eigenvalue weighted by Gasteiger charge is 2.48. The van der Waals surface area contributed by atoms with Crippen LogP contribution in [0.4, 0.5) is 34.1 Å². The van der Waals surface area contributed by atoms with Crippen LogP contribution in [0.2, 0.25) is 0 Å². The van der Waals surface area contributed by atoms with Crippen LogP contribution >= 0.6 is 0 Å². The largest absolute Gasteiger partial charge is 0.486 e. The van der Waals surface area contributed by atoms with Crippen molar-refractivity contribution >= 4 is 57.2 Å². The maximum atomic E-state index is 6.49. The van der Waals surface area contributed by atoms with Gasteiger partial charge in [0.2, 0.25) is 0 Å². The lowest BCUT2D eigenvalue weighted by Gasteiger charge is -2.48. The van der Waals surface area contributed by atoms with E-state index in [-0.39, 0.29) is 33.8 Å². The molecule has 0 unspecified atom stereocenters. The third-order valence-corrected chi connectivity index (χ3v) is 16.1. The number of rotatable bonds is 3. The van der Waals surface area contributed by atoms with Crippen LogP contribution in [0.1, 0.15) is 135 Å². The summed E-state index contributed by atoms with van der Waals surface area (Å²) in [5, 5.41) is 0. The molecule has 5 heteroatoms. The summed E-state index contributed by atoms with van der Waals surface area (Å²) in [4.78, 5) is 5.23. The molecule has 0 N–H and O–H groups in total. The standard InChI is InChI=1S/C59H65BN2O2/c1-36-28-50-54-51(29-36)62(47-21-18-38(55(2,3)4)30-40(47)37-16-14-13-15-17-37)49-35-53-52(63-26-27-64-53)34-46(49)60(54)45-32-43-44(59(11,12)25-24-58(43,9)10)33-48(45)61(50)39-19-20-41-42(31-39)57(7,8)23-22-56(41,5)6/h13-21,28-35H,22-27H2,1-12H3. The van der Waals surface area contributed by atoms with E-state index >= 15 is 0 Å². The molecule has 0 radical (unpaired) electrons. The SMILES string of the molecule is Cc1cc2c3c(c1)N(c1ccc(C(C)(C)C)cc1-c1ccccc1)c1cc4c(cc1B3c1cc3c(cc1N2c1ccc2c(c1)C(C)(C)CCC2(C)C)C(C)(C)CCC3(C)C)OCCO4. The number of anilines is 6. The van der Waals surface area contributed by atoms with Gasteiger partial charge in [-0.05, 0) is 164 Å². The first kappa shape index (κ1) is 41.3. The Morgan fingerprint density at radius 2 is 1.05 bits per heavy atom. The first-order chi connectivity index (χ1) is 30.2. The monoisotopic (exact) mass is 845 g/mol. The van der Waals surface area contributed by atoms with Gasteiger partial charge < -0.3 is 19.3 Å². The molecule has 0 bridgehead atoms. The smallest absolute Gasteiger partial charge is 0.252 e. The maximum Gasteiger partial charge on any atom is 0.252 e. The average Bonchev–Trinajstić information content (AvgIpc) is 3.25. The van der Waals surface area contributed by atoms with Crippen molar-refractivity contribution in [1.82, 2.24) is 0 Å². The third-order valence-electron chi connectivity index (χ3n) is 16.1. The maximum absolute atomic E-state index is 6.49. The van der Waals surface area contributed by atoms with Gasteiger partial charge in [-0.15, -0.1) is 0 Å². The summed E-state index contributed by atoms with van der Waals surface area (Å²) in [6, 6.07) is 40.4.